The van der Waals surface area contributed by atoms with E-state index in [1.165, 1.54) is 43.7 Å². The lowest BCUT2D eigenvalue weighted by atomic mass is 10.2. The van der Waals surface area contributed by atoms with E-state index in [9.17, 15) is 28.4 Å². The molecule has 0 aliphatic heterocycles. The molecular formula is C24H24N4O8S. The van der Waals surface area contributed by atoms with Crippen LogP contribution in [0.2, 0.25) is 0 Å². The number of aromatic carboxylic acids is 1. The number of hydrazone groups is 1. The highest BCUT2D eigenvalue weighted by Gasteiger charge is 2.23. The summed E-state index contributed by atoms with van der Waals surface area (Å²) in [5.41, 5.74) is 2.12. The maximum Gasteiger partial charge on any atom is 0.337 e. The molecule has 3 aromatic rings. The second-order valence-corrected chi connectivity index (χ2v) is 9.20. The van der Waals surface area contributed by atoms with Gasteiger partial charge in [0.15, 0.2) is 11.5 Å². The first-order chi connectivity index (χ1) is 17.7. The number of ether oxygens (including phenoxy) is 2. The van der Waals surface area contributed by atoms with Gasteiger partial charge in [0.2, 0.25) is 0 Å². The molecule has 0 aromatic heterocycles. The van der Waals surface area contributed by atoms with Gasteiger partial charge in [0.1, 0.15) is 5.69 Å². The van der Waals surface area contributed by atoms with Crippen molar-refractivity contribution >= 4 is 39.3 Å². The first kappa shape index (κ1) is 26.9. The monoisotopic (exact) mass is 528 g/mol. The van der Waals surface area contributed by atoms with Crippen LogP contribution in [-0.4, -0.2) is 44.3 Å². The van der Waals surface area contributed by atoms with E-state index in [4.69, 9.17) is 9.47 Å². The smallest absolute Gasteiger partial charge is 0.337 e. The average molecular weight is 529 g/mol. The number of sulfonamides is 1. The van der Waals surface area contributed by atoms with Crippen molar-refractivity contribution in [2.24, 2.45) is 5.10 Å². The molecule has 0 atom stereocenters. The SMILES string of the molecule is CCCOc1ccc(/C=N\Nc2ccc(S(=O)(=O)Nc3ccccc3C(=O)O)cc2[N+](=O)[O-])cc1OC. The van der Waals surface area contributed by atoms with Crippen molar-refractivity contribution < 1.29 is 32.7 Å². The Balaban J connectivity index is 1.82. The average Bonchev–Trinajstić information content (AvgIpc) is 2.87. The van der Waals surface area contributed by atoms with Gasteiger partial charge in [-0.05, 0) is 54.4 Å². The highest BCUT2D eigenvalue weighted by atomic mass is 32.2. The summed E-state index contributed by atoms with van der Waals surface area (Å²) in [6, 6.07) is 13.7. The summed E-state index contributed by atoms with van der Waals surface area (Å²) in [7, 11) is -2.83. The molecule has 0 unspecified atom stereocenters. The number of carbonyl (C=O) groups is 1. The lowest BCUT2D eigenvalue weighted by Gasteiger charge is -2.11. The van der Waals surface area contributed by atoms with Gasteiger partial charge < -0.3 is 14.6 Å². The summed E-state index contributed by atoms with van der Waals surface area (Å²) >= 11 is 0. The number of nitro benzene ring substituents is 1. The van der Waals surface area contributed by atoms with Crippen molar-refractivity contribution in [3.05, 3.63) is 81.9 Å². The van der Waals surface area contributed by atoms with Gasteiger partial charge in [-0.2, -0.15) is 5.10 Å². The zero-order valence-corrected chi connectivity index (χ0v) is 20.7. The number of rotatable bonds is 12. The molecule has 0 saturated heterocycles. The van der Waals surface area contributed by atoms with Crippen LogP contribution < -0.4 is 19.6 Å². The number of hydrogen-bond donors (Lipinski definition) is 3. The Hall–Kier alpha value is -4.65. The van der Waals surface area contributed by atoms with Crippen molar-refractivity contribution in [3.8, 4) is 11.5 Å². The zero-order chi connectivity index (χ0) is 27.0. The first-order valence-corrected chi connectivity index (χ1v) is 12.4. The molecule has 0 amide bonds. The van der Waals surface area contributed by atoms with Crippen LogP contribution in [0.4, 0.5) is 17.1 Å². The van der Waals surface area contributed by atoms with E-state index in [1.54, 1.807) is 18.2 Å². The summed E-state index contributed by atoms with van der Waals surface area (Å²) < 4.78 is 38.7. The Bertz CT molecular complexity index is 1440. The van der Waals surface area contributed by atoms with Crippen LogP contribution in [-0.2, 0) is 10.0 Å². The molecule has 0 heterocycles. The fourth-order valence-electron chi connectivity index (χ4n) is 3.16. The Morgan fingerprint density at radius 2 is 1.86 bits per heavy atom. The minimum absolute atomic E-state index is 0.0546. The molecule has 12 nitrogen and oxygen atoms in total. The van der Waals surface area contributed by atoms with E-state index in [0.29, 0.717) is 23.7 Å². The van der Waals surface area contributed by atoms with Gasteiger partial charge in [-0.1, -0.05) is 19.1 Å². The Labute approximate surface area is 212 Å². The van der Waals surface area contributed by atoms with E-state index in [-0.39, 0.29) is 16.9 Å². The van der Waals surface area contributed by atoms with Crippen molar-refractivity contribution in [3.63, 3.8) is 0 Å². The van der Waals surface area contributed by atoms with Crippen LogP contribution in [0.3, 0.4) is 0 Å². The number of nitrogens with zero attached hydrogens (tertiary/aromatic N) is 2. The maximum absolute atomic E-state index is 12.8. The van der Waals surface area contributed by atoms with Crippen LogP contribution >= 0.6 is 0 Å². The molecule has 0 radical (unpaired) electrons. The molecule has 0 saturated carbocycles. The lowest BCUT2D eigenvalue weighted by Crippen LogP contribution is -2.16. The molecule has 0 aliphatic carbocycles. The van der Waals surface area contributed by atoms with Crippen LogP contribution in [0.25, 0.3) is 0 Å². The minimum Gasteiger partial charge on any atom is -0.493 e. The number of hydrogen-bond acceptors (Lipinski definition) is 9. The maximum atomic E-state index is 12.8. The third kappa shape index (κ3) is 6.73. The summed E-state index contributed by atoms with van der Waals surface area (Å²) in [5, 5.41) is 24.9. The standard InChI is InChI=1S/C24H24N4O8S/c1-3-12-36-22-11-8-16(13-23(22)35-2)15-25-26-20-10-9-17(14-21(20)28(31)32)37(33,34)27-19-7-5-4-6-18(19)24(29)30/h4-11,13-15,26-27H,3,12H2,1-2H3,(H,29,30)/b25-15-. The summed E-state index contributed by atoms with van der Waals surface area (Å²) in [6.45, 7) is 2.51. The van der Waals surface area contributed by atoms with E-state index >= 15 is 0 Å². The van der Waals surface area contributed by atoms with Crippen LogP contribution in [0.15, 0.2) is 70.7 Å². The zero-order valence-electron chi connectivity index (χ0n) is 19.9. The van der Waals surface area contributed by atoms with E-state index < -0.39 is 31.5 Å². The number of nitrogens with one attached hydrogen (secondary N) is 2. The van der Waals surface area contributed by atoms with E-state index in [1.807, 2.05) is 6.92 Å². The second-order valence-electron chi connectivity index (χ2n) is 7.52. The number of para-hydroxylation sites is 1. The molecular weight excluding hydrogens is 504 g/mol. The minimum atomic E-state index is -4.33. The lowest BCUT2D eigenvalue weighted by molar-refractivity contribution is -0.384. The second kappa shape index (κ2) is 11.9. The molecule has 37 heavy (non-hydrogen) atoms. The largest absolute Gasteiger partial charge is 0.493 e. The summed E-state index contributed by atoms with van der Waals surface area (Å²) in [6.07, 6.45) is 2.24. The normalized spacial score (nSPS) is 11.2. The molecule has 3 N–H and O–H groups in total. The van der Waals surface area contributed by atoms with Gasteiger partial charge in [0.05, 0.1) is 41.0 Å². The van der Waals surface area contributed by atoms with Gasteiger partial charge in [0.25, 0.3) is 15.7 Å². The molecule has 0 bridgehead atoms. The quantitative estimate of drug-likeness (QED) is 0.176. The van der Waals surface area contributed by atoms with Gasteiger partial charge >= 0.3 is 5.97 Å². The molecule has 13 heteroatoms. The molecule has 3 rings (SSSR count). The fourth-order valence-corrected chi connectivity index (χ4v) is 4.26. The number of nitro groups is 1. The van der Waals surface area contributed by atoms with Crippen molar-refractivity contribution in [2.45, 2.75) is 18.2 Å². The summed E-state index contributed by atoms with van der Waals surface area (Å²) in [5.74, 6) is -0.265. The topological polar surface area (TPSA) is 169 Å². The van der Waals surface area contributed by atoms with E-state index in [0.717, 1.165) is 18.6 Å². The number of methoxy groups -OCH3 is 1. The predicted molar refractivity (Wildman–Crippen MR) is 137 cm³/mol. The molecule has 3 aromatic carbocycles. The van der Waals surface area contributed by atoms with Crippen LogP contribution in [0, 0.1) is 10.1 Å². The van der Waals surface area contributed by atoms with Gasteiger partial charge in [-0.25, -0.2) is 13.2 Å². The first-order valence-electron chi connectivity index (χ1n) is 10.9. The van der Waals surface area contributed by atoms with Gasteiger partial charge in [-0.15, -0.1) is 0 Å². The number of carboxylic acids is 1. The van der Waals surface area contributed by atoms with Crippen LogP contribution in [0.5, 0.6) is 11.5 Å². The Morgan fingerprint density at radius 1 is 1.11 bits per heavy atom. The Kier molecular flexibility index (Phi) is 8.64. The van der Waals surface area contributed by atoms with Crippen molar-refractivity contribution in [1.29, 1.82) is 0 Å². The summed E-state index contributed by atoms with van der Waals surface area (Å²) in [4.78, 5) is 21.8. The number of carboxylic acid groups (broad SMARTS) is 1. The van der Waals surface area contributed by atoms with E-state index in [2.05, 4.69) is 15.2 Å². The number of anilines is 2. The highest BCUT2D eigenvalue weighted by molar-refractivity contribution is 7.92. The van der Waals surface area contributed by atoms with Crippen LogP contribution in [0.1, 0.15) is 29.3 Å². The molecule has 0 spiro atoms. The third-order valence-corrected chi connectivity index (χ3v) is 6.29. The van der Waals surface area contributed by atoms with Gasteiger partial charge in [-0.3, -0.25) is 20.3 Å². The molecule has 0 fully saturated rings. The molecule has 0 aliphatic rings. The number of benzene rings is 3. The highest BCUT2D eigenvalue weighted by Crippen LogP contribution is 2.30. The molecule has 194 valence electrons. The third-order valence-electron chi connectivity index (χ3n) is 4.93. The van der Waals surface area contributed by atoms with Gasteiger partial charge in [0, 0.05) is 6.07 Å². The fraction of sp³-hybridized carbons (Fsp3) is 0.167. The van der Waals surface area contributed by atoms with Crippen molar-refractivity contribution in [1.82, 2.24) is 0 Å². The Morgan fingerprint density at radius 3 is 2.54 bits per heavy atom. The van der Waals surface area contributed by atoms with Crippen molar-refractivity contribution in [2.75, 3.05) is 23.9 Å². The predicted octanol–water partition coefficient (Wildman–Crippen LogP) is 4.34.